The summed E-state index contributed by atoms with van der Waals surface area (Å²) in [6.45, 7) is 0.725. The average Bonchev–Trinajstić information content (AvgIpc) is 3.18. The predicted molar refractivity (Wildman–Crippen MR) is 81.5 cm³/mol. The van der Waals surface area contributed by atoms with Gasteiger partial charge in [0.1, 0.15) is 0 Å². The van der Waals surface area contributed by atoms with Crippen LogP contribution < -0.4 is 0 Å². The van der Waals surface area contributed by atoms with Crippen molar-refractivity contribution in [3.63, 3.8) is 0 Å². The molecule has 0 bridgehead atoms. The van der Waals surface area contributed by atoms with Crippen LogP contribution in [-0.2, 0) is 31.8 Å². The van der Waals surface area contributed by atoms with E-state index in [9.17, 15) is 9.59 Å². The summed E-state index contributed by atoms with van der Waals surface area (Å²) in [5.74, 6) is 0. The average molecular weight is 332 g/mol. The van der Waals surface area contributed by atoms with Gasteiger partial charge in [-0.15, -0.1) is 0 Å². The van der Waals surface area contributed by atoms with E-state index in [1.165, 1.54) is 0 Å². The van der Waals surface area contributed by atoms with Gasteiger partial charge in [-0.2, -0.15) is 0 Å². The molecule has 5 heteroatoms. The van der Waals surface area contributed by atoms with Gasteiger partial charge in [-0.25, -0.2) is 0 Å². The maximum atomic E-state index is 11.2. The van der Waals surface area contributed by atoms with Crippen LogP contribution >= 0.6 is 0 Å². The number of hydrogen-bond acceptors (Lipinski definition) is 4. The number of allylic oxidation sites excluding steroid dienone is 5. The Hall–Kier alpha value is -2.04. The van der Waals surface area contributed by atoms with E-state index in [4.69, 9.17) is 6.64 Å². The van der Waals surface area contributed by atoms with E-state index >= 15 is 0 Å². The van der Waals surface area contributed by atoms with Gasteiger partial charge in [-0.3, -0.25) is 0 Å². The molecular weight excluding hydrogens is 316 g/mol. The summed E-state index contributed by atoms with van der Waals surface area (Å²) in [5, 5.41) is 0. The quantitative estimate of drug-likeness (QED) is 0.594. The van der Waals surface area contributed by atoms with Crippen molar-refractivity contribution in [3.8, 4) is 0 Å². The molecule has 112 valence electrons. The summed E-state index contributed by atoms with van der Waals surface area (Å²) in [6.07, 6.45) is 10.1. The molecule has 0 saturated heterocycles. The van der Waals surface area contributed by atoms with Crippen molar-refractivity contribution >= 4 is 23.8 Å². The molecule has 4 nitrogen and oxygen atoms in total. The molecule has 0 N–H and O–H groups in total. The van der Waals surface area contributed by atoms with E-state index in [1.807, 2.05) is 54.6 Å². The second-order valence-electron chi connectivity index (χ2n) is 5.56. The summed E-state index contributed by atoms with van der Waals surface area (Å²) >= 11 is -4.80. The summed E-state index contributed by atoms with van der Waals surface area (Å²) in [6, 6.07) is 7.79. The minimum absolute atomic E-state index is 0.324. The molecule has 0 heterocycles. The van der Waals surface area contributed by atoms with E-state index in [0.29, 0.717) is 19.4 Å². The molecule has 0 radical (unpaired) electrons. The molecule has 2 aliphatic rings. The Morgan fingerprint density at radius 1 is 1.18 bits per heavy atom. The van der Waals surface area contributed by atoms with Crippen LogP contribution in [-0.4, -0.2) is 17.8 Å². The van der Waals surface area contributed by atoms with Gasteiger partial charge in [-0.1, -0.05) is 0 Å². The van der Waals surface area contributed by atoms with Crippen LogP contribution in [0.4, 0.5) is 0 Å². The van der Waals surface area contributed by atoms with E-state index in [2.05, 4.69) is 4.82 Å². The zero-order chi connectivity index (χ0) is 15.7. The van der Waals surface area contributed by atoms with E-state index in [-0.39, 0.29) is 4.22 Å². The first-order chi connectivity index (χ1) is 10.6. The van der Waals surface area contributed by atoms with Crippen LogP contribution in [0.5, 0.6) is 0 Å². The molecule has 0 aromatic heterocycles. The summed E-state index contributed by atoms with van der Waals surface area (Å²) in [4.78, 5) is 26.8. The SMILES string of the molecule is [CH2]=[Ti]([O]C=O)([O]C=O)([C]1=CC=CC1)[CH]1C=Cc2ccccc21. The summed E-state index contributed by atoms with van der Waals surface area (Å²) in [7, 11) is 0. The first-order valence-electron chi connectivity index (χ1n) is 7.03. The fraction of sp³-hybridized carbons (Fsp3) is 0.118. The Balaban J connectivity index is 2.23. The van der Waals surface area contributed by atoms with Crippen LogP contribution in [0.1, 0.15) is 21.8 Å². The van der Waals surface area contributed by atoms with Gasteiger partial charge >= 0.3 is 130 Å². The zero-order valence-electron chi connectivity index (χ0n) is 12.0. The summed E-state index contributed by atoms with van der Waals surface area (Å²) < 4.78 is 11.6. The molecule has 0 saturated carbocycles. The van der Waals surface area contributed by atoms with Gasteiger partial charge in [-0.05, 0) is 0 Å². The van der Waals surface area contributed by atoms with Gasteiger partial charge in [0, 0.05) is 0 Å². The number of benzene rings is 1. The third-order valence-electron chi connectivity index (χ3n) is 4.49. The fourth-order valence-corrected chi connectivity index (χ4v) is 9.33. The van der Waals surface area contributed by atoms with Crippen molar-refractivity contribution in [2.45, 2.75) is 10.6 Å². The van der Waals surface area contributed by atoms with Crippen molar-refractivity contribution in [3.05, 3.63) is 63.6 Å². The van der Waals surface area contributed by atoms with Crippen molar-refractivity contribution in [2.75, 3.05) is 0 Å². The topological polar surface area (TPSA) is 52.6 Å². The van der Waals surface area contributed by atoms with Crippen LogP contribution in [0.15, 0.2) is 52.4 Å². The van der Waals surface area contributed by atoms with E-state index in [1.54, 1.807) is 0 Å². The first kappa shape index (κ1) is 14.9. The second-order valence-corrected chi connectivity index (χ2v) is 12.4. The summed E-state index contributed by atoms with van der Waals surface area (Å²) in [5.41, 5.74) is 2.01. The molecule has 2 aliphatic carbocycles. The van der Waals surface area contributed by atoms with E-state index < -0.39 is 15.6 Å². The van der Waals surface area contributed by atoms with Gasteiger partial charge in [0.2, 0.25) is 0 Å². The van der Waals surface area contributed by atoms with Crippen molar-refractivity contribution in [2.24, 2.45) is 0 Å². The Bertz CT molecular complexity index is 772. The molecular formula is C17H16O4Ti. The molecule has 0 amide bonds. The minimum atomic E-state index is -4.80. The third-order valence-corrected chi connectivity index (χ3v) is 11.8. The molecule has 1 aromatic carbocycles. The molecule has 1 unspecified atom stereocenters. The van der Waals surface area contributed by atoms with E-state index in [0.717, 1.165) is 15.0 Å². The number of rotatable bonds is 6. The predicted octanol–water partition coefficient (Wildman–Crippen LogP) is 2.90. The monoisotopic (exact) mass is 332 g/mol. The molecule has 1 atom stereocenters. The number of hydrogen-bond donors (Lipinski definition) is 0. The molecule has 3 rings (SSSR count). The van der Waals surface area contributed by atoms with Crippen LogP contribution in [0, 0.1) is 0 Å². The zero-order valence-corrected chi connectivity index (χ0v) is 13.5. The van der Waals surface area contributed by atoms with Crippen molar-refractivity contribution < 1.29 is 31.8 Å². The Labute approximate surface area is 130 Å². The van der Waals surface area contributed by atoms with Gasteiger partial charge < -0.3 is 0 Å². The first-order valence-corrected chi connectivity index (χ1v) is 11.1. The number of fused-ring (bicyclic) bond motifs is 1. The van der Waals surface area contributed by atoms with Gasteiger partial charge in [0.25, 0.3) is 0 Å². The van der Waals surface area contributed by atoms with Crippen LogP contribution in [0.25, 0.3) is 6.08 Å². The van der Waals surface area contributed by atoms with Gasteiger partial charge in [0.15, 0.2) is 0 Å². The second kappa shape index (κ2) is 5.31. The Morgan fingerprint density at radius 2 is 1.91 bits per heavy atom. The molecule has 1 aromatic rings. The Kier molecular flexibility index (Phi) is 3.59. The third kappa shape index (κ3) is 1.99. The molecule has 22 heavy (non-hydrogen) atoms. The normalized spacial score (nSPS) is 19.5. The molecule has 0 fully saturated rings. The Morgan fingerprint density at radius 3 is 2.55 bits per heavy atom. The van der Waals surface area contributed by atoms with Crippen molar-refractivity contribution in [1.82, 2.24) is 0 Å². The van der Waals surface area contributed by atoms with Crippen LogP contribution in [0.3, 0.4) is 0 Å². The van der Waals surface area contributed by atoms with Crippen LogP contribution in [0.2, 0.25) is 0 Å². The maximum absolute atomic E-state index is 11.2. The molecule has 0 aliphatic heterocycles. The standard InChI is InChI=1S/C9H7.C5H5.2CH2O2.CH2.Ti/c1-2-5-9-7-3-6-8(9)4-1;1-2-4-5-3-1;2*2-1-3;;/h1-7H;1-3H,4H2;2*1H,(H,2,3);1H2;/q;;;;;+2/p-2. The fourth-order valence-electron chi connectivity index (χ4n) is 3.33. The number of carbonyl (C=O) groups excluding carboxylic acids is 2. The number of carbonyl (C=O) groups is 2. The van der Waals surface area contributed by atoms with Crippen molar-refractivity contribution in [1.29, 1.82) is 0 Å². The van der Waals surface area contributed by atoms with Gasteiger partial charge in [0.05, 0.1) is 0 Å². The molecule has 0 spiro atoms.